The van der Waals surface area contributed by atoms with Gasteiger partial charge in [-0.25, -0.2) is 0 Å². The number of rotatable bonds is 4. The van der Waals surface area contributed by atoms with Gasteiger partial charge in [0.2, 0.25) is 0 Å². The maximum atomic E-state index is 12.8. The summed E-state index contributed by atoms with van der Waals surface area (Å²) in [6.07, 6.45) is 3.54. The number of aromatic amines is 1. The minimum atomic E-state index is -0.0239. The second kappa shape index (κ2) is 7.79. The molecule has 1 unspecified atom stereocenters. The van der Waals surface area contributed by atoms with E-state index >= 15 is 0 Å². The molecule has 1 aromatic heterocycles. The molecule has 2 heterocycles. The first-order chi connectivity index (χ1) is 9.95. The molecule has 6 heteroatoms. The normalized spacial score (nSPS) is 18.0. The van der Waals surface area contributed by atoms with Crippen LogP contribution in [-0.4, -0.2) is 40.7 Å². The third-order valence-corrected chi connectivity index (χ3v) is 4.10. The lowest BCUT2D eigenvalue weighted by atomic mass is 10.00. The number of piperidine rings is 1. The third kappa shape index (κ3) is 3.70. The van der Waals surface area contributed by atoms with Crippen LogP contribution in [0.3, 0.4) is 0 Å². The van der Waals surface area contributed by atoms with E-state index in [1.807, 2.05) is 11.8 Å². The number of nitrogens with two attached hydrogens (primary N) is 1. The lowest BCUT2D eigenvalue weighted by molar-refractivity contribution is 0.0702. The van der Waals surface area contributed by atoms with Crippen molar-refractivity contribution >= 4 is 24.1 Å². The quantitative estimate of drug-likeness (QED) is 0.834. The predicted molar refractivity (Wildman–Crippen MR) is 89.9 cm³/mol. The van der Waals surface area contributed by atoms with Crippen molar-refractivity contribution < 1.29 is 9.59 Å². The Morgan fingerprint density at radius 1 is 1.41 bits per heavy atom. The number of hydrogen-bond donors (Lipinski definition) is 2. The Balaban J connectivity index is 0.00000242. The molecule has 0 radical (unpaired) electrons. The second-order valence-corrected chi connectivity index (χ2v) is 5.94. The molecule has 1 atom stereocenters. The molecule has 22 heavy (non-hydrogen) atoms. The first kappa shape index (κ1) is 18.7. The number of carbonyl (C=O) groups is 2. The summed E-state index contributed by atoms with van der Waals surface area (Å²) in [5.74, 6) is -0.00852. The van der Waals surface area contributed by atoms with E-state index in [-0.39, 0.29) is 30.1 Å². The van der Waals surface area contributed by atoms with Crippen LogP contribution in [0.2, 0.25) is 0 Å². The molecular formula is C16H26ClN3O2. The average molecular weight is 328 g/mol. The maximum Gasteiger partial charge on any atom is 0.270 e. The van der Waals surface area contributed by atoms with Crippen LogP contribution in [0.4, 0.5) is 0 Å². The number of aromatic nitrogens is 1. The van der Waals surface area contributed by atoms with Crippen LogP contribution in [0.25, 0.3) is 0 Å². The number of aryl methyl sites for hydroxylation is 1. The number of ketones is 1. The Kier molecular flexibility index (Phi) is 6.63. The van der Waals surface area contributed by atoms with E-state index in [0.717, 1.165) is 43.5 Å². The summed E-state index contributed by atoms with van der Waals surface area (Å²) in [5.41, 5.74) is 8.88. The fourth-order valence-corrected chi connectivity index (χ4v) is 3.19. The van der Waals surface area contributed by atoms with Gasteiger partial charge in [-0.3, -0.25) is 9.59 Å². The van der Waals surface area contributed by atoms with Crippen LogP contribution in [0.5, 0.6) is 0 Å². The molecule has 1 saturated heterocycles. The standard InChI is InChI=1S/C16H25N3O2.ClH/c1-4-6-13-14(11(3)20)10(2)18-15(13)16(21)19-8-5-7-12(17)9-19;/h12,18H,4-9,17H2,1-3H3;1H. The first-order valence-electron chi connectivity index (χ1n) is 7.72. The number of H-pyrrole nitrogens is 1. The number of nitrogens with zero attached hydrogens (tertiary/aromatic N) is 1. The highest BCUT2D eigenvalue weighted by atomic mass is 35.5. The lowest BCUT2D eigenvalue weighted by Gasteiger charge is -2.30. The van der Waals surface area contributed by atoms with Crippen LogP contribution >= 0.6 is 12.4 Å². The first-order valence-corrected chi connectivity index (χ1v) is 7.72. The molecule has 0 saturated carbocycles. The second-order valence-electron chi connectivity index (χ2n) is 5.94. The fourth-order valence-electron chi connectivity index (χ4n) is 3.19. The number of halogens is 1. The minimum Gasteiger partial charge on any atom is -0.354 e. The van der Waals surface area contributed by atoms with Gasteiger partial charge in [0.1, 0.15) is 5.69 Å². The molecule has 0 aromatic carbocycles. The zero-order chi connectivity index (χ0) is 15.6. The van der Waals surface area contributed by atoms with E-state index in [9.17, 15) is 9.59 Å². The molecule has 1 amide bonds. The predicted octanol–water partition coefficient (Wildman–Crippen LogP) is 2.46. The Morgan fingerprint density at radius 2 is 2.09 bits per heavy atom. The highest BCUT2D eigenvalue weighted by Crippen LogP contribution is 2.23. The van der Waals surface area contributed by atoms with Gasteiger partial charge in [-0.1, -0.05) is 13.3 Å². The van der Waals surface area contributed by atoms with Gasteiger partial charge in [-0.15, -0.1) is 12.4 Å². The van der Waals surface area contributed by atoms with Crippen LogP contribution in [0.1, 0.15) is 65.2 Å². The van der Waals surface area contributed by atoms with E-state index in [1.54, 1.807) is 6.92 Å². The molecule has 0 spiro atoms. The molecule has 1 aliphatic rings. The Bertz CT molecular complexity index is 554. The summed E-state index contributed by atoms with van der Waals surface area (Å²) < 4.78 is 0. The lowest BCUT2D eigenvalue weighted by Crippen LogP contribution is -2.46. The SMILES string of the molecule is CCCc1c(C(=O)N2CCCC(N)C2)[nH]c(C)c1C(C)=O.Cl. The van der Waals surface area contributed by atoms with Crippen LogP contribution in [0, 0.1) is 6.92 Å². The van der Waals surface area contributed by atoms with Crippen molar-refractivity contribution in [3.05, 3.63) is 22.5 Å². The van der Waals surface area contributed by atoms with Gasteiger partial charge < -0.3 is 15.6 Å². The van der Waals surface area contributed by atoms with Gasteiger partial charge in [-0.05, 0) is 38.7 Å². The number of likely N-dealkylation sites (tertiary alicyclic amines) is 1. The van der Waals surface area contributed by atoms with Gasteiger partial charge >= 0.3 is 0 Å². The monoisotopic (exact) mass is 327 g/mol. The largest absolute Gasteiger partial charge is 0.354 e. The smallest absolute Gasteiger partial charge is 0.270 e. The number of amides is 1. The van der Waals surface area contributed by atoms with Gasteiger partial charge in [0.05, 0.1) is 0 Å². The Morgan fingerprint density at radius 3 is 2.64 bits per heavy atom. The van der Waals surface area contributed by atoms with E-state index in [0.29, 0.717) is 17.8 Å². The molecule has 0 bridgehead atoms. The van der Waals surface area contributed by atoms with Crippen molar-refractivity contribution in [1.29, 1.82) is 0 Å². The molecular weight excluding hydrogens is 302 g/mol. The highest BCUT2D eigenvalue weighted by molar-refractivity contribution is 6.02. The molecule has 0 aliphatic carbocycles. The highest BCUT2D eigenvalue weighted by Gasteiger charge is 2.28. The van der Waals surface area contributed by atoms with E-state index in [1.165, 1.54) is 0 Å². The van der Waals surface area contributed by atoms with E-state index < -0.39 is 0 Å². The number of nitrogens with one attached hydrogen (secondary N) is 1. The van der Waals surface area contributed by atoms with Crippen molar-refractivity contribution in [2.45, 2.75) is 52.5 Å². The van der Waals surface area contributed by atoms with Crippen molar-refractivity contribution in [3.8, 4) is 0 Å². The van der Waals surface area contributed by atoms with E-state index in [2.05, 4.69) is 11.9 Å². The summed E-state index contributed by atoms with van der Waals surface area (Å²) >= 11 is 0. The maximum absolute atomic E-state index is 12.8. The average Bonchev–Trinajstić information content (AvgIpc) is 2.75. The molecule has 2 rings (SSSR count). The summed E-state index contributed by atoms with van der Waals surface area (Å²) in [7, 11) is 0. The molecule has 1 aromatic rings. The zero-order valence-corrected chi connectivity index (χ0v) is 14.4. The number of Topliss-reactive ketones (excluding diaryl/α,β-unsaturated/α-hetero) is 1. The van der Waals surface area contributed by atoms with Crippen LogP contribution < -0.4 is 5.73 Å². The summed E-state index contributed by atoms with van der Waals surface area (Å²) in [6, 6.07) is 0.0562. The summed E-state index contributed by atoms with van der Waals surface area (Å²) in [5, 5.41) is 0. The van der Waals surface area contributed by atoms with Crippen molar-refractivity contribution in [1.82, 2.24) is 9.88 Å². The Labute approximate surface area is 138 Å². The zero-order valence-electron chi connectivity index (χ0n) is 13.6. The molecule has 124 valence electrons. The van der Waals surface area contributed by atoms with Crippen molar-refractivity contribution in [2.24, 2.45) is 5.73 Å². The van der Waals surface area contributed by atoms with Crippen molar-refractivity contribution in [2.75, 3.05) is 13.1 Å². The Hall–Kier alpha value is -1.33. The topological polar surface area (TPSA) is 79.2 Å². The van der Waals surface area contributed by atoms with Gasteiger partial charge in [0.15, 0.2) is 5.78 Å². The number of carbonyl (C=O) groups excluding carboxylic acids is 2. The minimum absolute atomic E-state index is 0. The third-order valence-electron chi connectivity index (χ3n) is 4.10. The molecule has 5 nitrogen and oxygen atoms in total. The van der Waals surface area contributed by atoms with Crippen LogP contribution in [0.15, 0.2) is 0 Å². The van der Waals surface area contributed by atoms with Gasteiger partial charge in [0, 0.05) is 30.4 Å². The summed E-state index contributed by atoms with van der Waals surface area (Å²) in [4.78, 5) is 29.6. The fraction of sp³-hybridized carbons (Fsp3) is 0.625. The van der Waals surface area contributed by atoms with Crippen LogP contribution in [-0.2, 0) is 6.42 Å². The summed E-state index contributed by atoms with van der Waals surface area (Å²) in [6.45, 7) is 6.80. The molecule has 1 aliphatic heterocycles. The molecule has 3 N–H and O–H groups in total. The molecule has 1 fully saturated rings. The van der Waals surface area contributed by atoms with Gasteiger partial charge in [0.25, 0.3) is 5.91 Å². The number of hydrogen-bond acceptors (Lipinski definition) is 3. The van der Waals surface area contributed by atoms with Gasteiger partial charge in [-0.2, -0.15) is 0 Å². The van der Waals surface area contributed by atoms with E-state index in [4.69, 9.17) is 5.73 Å². The van der Waals surface area contributed by atoms with Crippen molar-refractivity contribution in [3.63, 3.8) is 0 Å².